The molecule has 2 aromatic carbocycles. The summed E-state index contributed by atoms with van der Waals surface area (Å²) in [7, 11) is 0. The molecular formula is C25H22F2N4O5. The molecule has 1 aromatic heterocycles. The van der Waals surface area contributed by atoms with Crippen LogP contribution in [0, 0.1) is 27.7 Å². The first kappa shape index (κ1) is 23.6. The summed E-state index contributed by atoms with van der Waals surface area (Å²) in [5, 5.41) is 20.0. The molecule has 11 heteroatoms. The first-order valence-corrected chi connectivity index (χ1v) is 11.5. The van der Waals surface area contributed by atoms with Gasteiger partial charge in [0.25, 0.3) is 5.69 Å². The first-order chi connectivity index (χ1) is 17.2. The molecule has 1 N–H and O–H groups in total. The van der Waals surface area contributed by atoms with Crippen molar-refractivity contribution in [2.24, 2.45) is 10.9 Å². The van der Waals surface area contributed by atoms with Crippen molar-refractivity contribution in [2.45, 2.75) is 25.3 Å². The molecule has 2 heterocycles. The number of fused-ring (bicyclic) bond motifs is 1. The van der Waals surface area contributed by atoms with Crippen LogP contribution in [-0.4, -0.2) is 46.4 Å². The Labute approximate surface area is 203 Å². The average molecular weight is 496 g/mol. The zero-order valence-corrected chi connectivity index (χ0v) is 19.1. The molecule has 1 aliphatic heterocycles. The number of aromatic carboxylic acids is 1. The number of benzene rings is 2. The fourth-order valence-electron chi connectivity index (χ4n) is 4.73. The van der Waals surface area contributed by atoms with Crippen molar-refractivity contribution in [1.82, 2.24) is 4.57 Å². The minimum absolute atomic E-state index is 0.00876. The summed E-state index contributed by atoms with van der Waals surface area (Å²) >= 11 is 0. The van der Waals surface area contributed by atoms with Gasteiger partial charge in [0.2, 0.25) is 5.43 Å². The second-order valence-electron chi connectivity index (χ2n) is 9.18. The number of pyridine rings is 1. The molecule has 1 saturated carbocycles. The number of nitrogens with zero attached hydrogens (tertiary/aromatic N) is 4. The highest BCUT2D eigenvalue weighted by molar-refractivity contribution is 5.94. The molecule has 0 amide bonds. The molecule has 0 bridgehead atoms. The summed E-state index contributed by atoms with van der Waals surface area (Å²) < 4.78 is 32.4. The van der Waals surface area contributed by atoms with Gasteiger partial charge in [0.1, 0.15) is 17.1 Å². The third kappa shape index (κ3) is 4.32. The maximum atomic E-state index is 15.8. The summed E-state index contributed by atoms with van der Waals surface area (Å²) in [4.78, 5) is 40.6. The Hall–Kier alpha value is -4.15. The standard InChI is InChI=1S/C25H22F2N4O5/c26-20-9-18-22(30(16-4-5-16)13-19(24(18)32)25(33)34)21(27)23(20)29-7-6-15(12-29)11-28-10-14-2-1-3-17(8-14)31(35)36/h1-3,8-10,13,15-16H,4-7,11-12H2,(H,33,34). The number of halogens is 2. The molecular weight excluding hydrogens is 474 g/mol. The lowest BCUT2D eigenvalue weighted by molar-refractivity contribution is -0.384. The van der Waals surface area contributed by atoms with E-state index in [0.717, 1.165) is 25.1 Å². The van der Waals surface area contributed by atoms with Gasteiger partial charge in [0, 0.05) is 50.2 Å². The highest BCUT2D eigenvalue weighted by Crippen LogP contribution is 2.40. The van der Waals surface area contributed by atoms with Gasteiger partial charge >= 0.3 is 5.97 Å². The lowest BCUT2D eigenvalue weighted by atomic mass is 10.1. The maximum Gasteiger partial charge on any atom is 0.341 e. The second-order valence-corrected chi connectivity index (χ2v) is 9.18. The van der Waals surface area contributed by atoms with Crippen molar-refractivity contribution in [1.29, 1.82) is 0 Å². The van der Waals surface area contributed by atoms with Gasteiger partial charge in [0.15, 0.2) is 5.82 Å². The van der Waals surface area contributed by atoms with Gasteiger partial charge in [-0.2, -0.15) is 0 Å². The quantitative estimate of drug-likeness (QED) is 0.298. The van der Waals surface area contributed by atoms with E-state index in [1.165, 1.54) is 16.7 Å². The lowest BCUT2D eigenvalue weighted by Gasteiger charge is -2.22. The van der Waals surface area contributed by atoms with Crippen LogP contribution in [0.2, 0.25) is 0 Å². The molecule has 2 aliphatic rings. The van der Waals surface area contributed by atoms with Crippen molar-refractivity contribution in [3.8, 4) is 0 Å². The van der Waals surface area contributed by atoms with E-state index in [9.17, 15) is 24.8 Å². The molecule has 0 spiro atoms. The van der Waals surface area contributed by atoms with E-state index in [4.69, 9.17) is 0 Å². The van der Waals surface area contributed by atoms with E-state index in [1.807, 2.05) is 0 Å². The van der Waals surface area contributed by atoms with Crippen molar-refractivity contribution >= 4 is 34.5 Å². The number of hydrogen-bond donors (Lipinski definition) is 1. The van der Waals surface area contributed by atoms with E-state index in [-0.39, 0.29) is 34.2 Å². The second kappa shape index (κ2) is 9.14. The van der Waals surface area contributed by atoms with Gasteiger partial charge in [-0.25, -0.2) is 13.6 Å². The summed E-state index contributed by atoms with van der Waals surface area (Å²) in [5.41, 5.74) is -1.17. The smallest absolute Gasteiger partial charge is 0.341 e. The number of non-ortho nitro benzene ring substituents is 1. The molecule has 5 rings (SSSR count). The molecule has 9 nitrogen and oxygen atoms in total. The Bertz CT molecular complexity index is 1480. The first-order valence-electron chi connectivity index (χ1n) is 11.5. The number of nitro groups is 1. The van der Waals surface area contributed by atoms with E-state index in [1.54, 1.807) is 23.2 Å². The van der Waals surface area contributed by atoms with Crippen LogP contribution < -0.4 is 10.3 Å². The molecule has 2 fully saturated rings. The third-order valence-electron chi connectivity index (χ3n) is 6.64. The van der Waals surface area contributed by atoms with E-state index in [2.05, 4.69) is 4.99 Å². The predicted molar refractivity (Wildman–Crippen MR) is 129 cm³/mol. The summed E-state index contributed by atoms with van der Waals surface area (Å²) in [6.07, 6.45) is 4.78. The normalized spacial score (nSPS) is 17.8. The molecule has 36 heavy (non-hydrogen) atoms. The van der Waals surface area contributed by atoms with Gasteiger partial charge in [-0.15, -0.1) is 0 Å². The van der Waals surface area contributed by atoms with Crippen molar-refractivity contribution < 1.29 is 23.6 Å². The van der Waals surface area contributed by atoms with Gasteiger partial charge in [-0.1, -0.05) is 12.1 Å². The largest absolute Gasteiger partial charge is 0.477 e. The fraction of sp³-hybridized carbons (Fsp3) is 0.320. The highest BCUT2D eigenvalue weighted by Gasteiger charge is 2.32. The number of aromatic nitrogens is 1. The number of hydrogen-bond acceptors (Lipinski definition) is 6. The van der Waals surface area contributed by atoms with Gasteiger partial charge < -0.3 is 14.6 Å². The van der Waals surface area contributed by atoms with Crippen LogP contribution >= 0.6 is 0 Å². The van der Waals surface area contributed by atoms with Crippen LogP contribution in [0.1, 0.15) is 41.2 Å². The van der Waals surface area contributed by atoms with E-state index >= 15 is 8.78 Å². The topological polar surface area (TPSA) is 118 Å². The van der Waals surface area contributed by atoms with E-state index in [0.29, 0.717) is 31.6 Å². The molecule has 186 valence electrons. The minimum atomic E-state index is -1.44. The SMILES string of the molecule is O=C(O)c1cn(C2CC2)c2c(F)c(N3CCC(CN=Cc4cccc([N+](=O)[O-])c4)C3)c(F)cc2c1=O. The molecule has 1 atom stereocenters. The van der Waals surface area contributed by atoms with Crippen LogP contribution in [0.5, 0.6) is 0 Å². The number of nitro benzene ring substituents is 1. The molecule has 3 aromatic rings. The van der Waals surface area contributed by atoms with Crippen LogP contribution in [0.4, 0.5) is 20.2 Å². The maximum absolute atomic E-state index is 15.8. The van der Waals surface area contributed by atoms with Gasteiger partial charge in [-0.3, -0.25) is 19.9 Å². The predicted octanol–water partition coefficient (Wildman–Crippen LogP) is 4.17. The average Bonchev–Trinajstić information content (AvgIpc) is 3.58. The lowest BCUT2D eigenvalue weighted by Crippen LogP contribution is -2.25. The van der Waals surface area contributed by atoms with Crippen LogP contribution in [-0.2, 0) is 0 Å². The summed E-state index contributed by atoms with van der Waals surface area (Å²) in [6.45, 7) is 1.11. The molecule has 0 radical (unpaired) electrons. The van der Waals surface area contributed by atoms with Crippen molar-refractivity contribution in [2.75, 3.05) is 24.5 Å². The monoisotopic (exact) mass is 496 g/mol. The fourth-order valence-corrected chi connectivity index (χ4v) is 4.73. The van der Waals surface area contributed by atoms with Crippen LogP contribution in [0.15, 0.2) is 46.3 Å². The minimum Gasteiger partial charge on any atom is -0.477 e. The Kier molecular flexibility index (Phi) is 5.99. The molecule has 1 aliphatic carbocycles. The number of rotatable bonds is 7. The van der Waals surface area contributed by atoms with E-state index < -0.39 is 33.5 Å². The van der Waals surface area contributed by atoms with Crippen molar-refractivity contribution in [3.05, 3.63) is 79.6 Å². The zero-order valence-electron chi connectivity index (χ0n) is 19.1. The number of carbonyl (C=O) groups is 1. The molecule has 1 unspecified atom stereocenters. The van der Waals surface area contributed by atoms with Gasteiger partial charge in [0.05, 0.1) is 15.8 Å². The number of carboxylic acids is 1. The molecule has 1 saturated heterocycles. The Balaban J connectivity index is 1.40. The summed E-state index contributed by atoms with van der Waals surface area (Å²) in [6, 6.07) is 6.89. The number of carboxylic acid groups (broad SMARTS) is 1. The van der Waals surface area contributed by atoms with Crippen molar-refractivity contribution in [3.63, 3.8) is 0 Å². The highest BCUT2D eigenvalue weighted by atomic mass is 19.1. The zero-order chi connectivity index (χ0) is 25.6. The van der Waals surface area contributed by atoms with Gasteiger partial charge in [-0.05, 0) is 36.8 Å². The van der Waals surface area contributed by atoms with Crippen LogP contribution in [0.3, 0.4) is 0 Å². The Morgan fingerprint density at radius 2 is 2.03 bits per heavy atom. The number of anilines is 1. The Morgan fingerprint density at radius 3 is 2.72 bits per heavy atom. The Morgan fingerprint density at radius 1 is 1.25 bits per heavy atom. The third-order valence-corrected chi connectivity index (χ3v) is 6.64. The number of aliphatic imine (C=N–C) groups is 1. The summed E-state index contributed by atoms with van der Waals surface area (Å²) in [5.74, 6) is -3.21. The van der Waals surface area contributed by atoms with Crippen LogP contribution in [0.25, 0.3) is 10.9 Å².